The zero-order chi connectivity index (χ0) is 11.3. The number of carboxylic acids is 1. The van der Waals surface area contributed by atoms with Crippen LogP contribution in [0.5, 0.6) is 0 Å². The molecule has 0 radical (unpaired) electrons. The fourth-order valence-electron chi connectivity index (χ4n) is 2.51. The van der Waals surface area contributed by atoms with Crippen LogP contribution in [0.4, 0.5) is 10.2 Å². The van der Waals surface area contributed by atoms with E-state index < -0.39 is 11.6 Å². The van der Waals surface area contributed by atoms with E-state index in [4.69, 9.17) is 5.11 Å². The highest BCUT2D eigenvalue weighted by atomic mass is 19.1. The Morgan fingerprint density at radius 1 is 1.50 bits per heavy atom. The van der Waals surface area contributed by atoms with Gasteiger partial charge in [0.15, 0.2) is 11.5 Å². The van der Waals surface area contributed by atoms with Crippen LogP contribution in [0.2, 0.25) is 0 Å². The Morgan fingerprint density at radius 2 is 2.19 bits per heavy atom. The van der Waals surface area contributed by atoms with Crippen molar-refractivity contribution in [2.24, 2.45) is 0 Å². The maximum atomic E-state index is 13.7. The summed E-state index contributed by atoms with van der Waals surface area (Å²) in [4.78, 5) is 20.5. The van der Waals surface area contributed by atoms with Gasteiger partial charge in [-0.3, -0.25) is 0 Å². The summed E-state index contributed by atoms with van der Waals surface area (Å²) >= 11 is 0. The zero-order valence-electron chi connectivity index (χ0n) is 8.43. The van der Waals surface area contributed by atoms with E-state index in [-0.39, 0.29) is 24.1 Å². The third-order valence-corrected chi connectivity index (χ3v) is 3.25. The van der Waals surface area contributed by atoms with Gasteiger partial charge in [0, 0.05) is 31.3 Å². The summed E-state index contributed by atoms with van der Waals surface area (Å²) in [6, 6.07) is 0.0831. The molecule has 1 N–H and O–H groups in total. The Balaban J connectivity index is 1.98. The lowest BCUT2D eigenvalue weighted by Crippen LogP contribution is -2.36. The molecule has 1 aliphatic carbocycles. The predicted octanol–water partition coefficient (Wildman–Crippen LogP) is 0.865. The summed E-state index contributed by atoms with van der Waals surface area (Å²) in [5.41, 5.74) is -1.24. The van der Waals surface area contributed by atoms with Gasteiger partial charge >= 0.3 is 5.97 Å². The minimum atomic E-state index is -1.14. The minimum Gasteiger partial charge on any atom is -0.476 e. The van der Waals surface area contributed by atoms with Crippen LogP contribution in [0.15, 0.2) is 12.4 Å². The number of anilines is 1. The minimum absolute atomic E-state index is 0.0831. The number of carboxylic acid groups (broad SMARTS) is 1. The van der Waals surface area contributed by atoms with Gasteiger partial charge in [-0.15, -0.1) is 0 Å². The molecule has 0 unspecified atom stereocenters. The van der Waals surface area contributed by atoms with Gasteiger partial charge in [-0.2, -0.15) is 0 Å². The van der Waals surface area contributed by atoms with Crippen LogP contribution in [0.25, 0.3) is 0 Å². The number of halogens is 1. The van der Waals surface area contributed by atoms with Crippen molar-refractivity contribution in [2.45, 2.75) is 24.6 Å². The first-order chi connectivity index (χ1) is 7.59. The van der Waals surface area contributed by atoms with E-state index in [9.17, 15) is 9.18 Å². The molecule has 3 heterocycles. The molecule has 2 saturated heterocycles. The van der Waals surface area contributed by atoms with Crippen molar-refractivity contribution in [1.82, 2.24) is 9.97 Å². The second-order valence-electron chi connectivity index (χ2n) is 4.37. The quantitative estimate of drug-likeness (QED) is 0.805. The molecule has 1 aromatic heterocycles. The van der Waals surface area contributed by atoms with Gasteiger partial charge in [-0.05, 0) is 0 Å². The van der Waals surface area contributed by atoms with Crippen LogP contribution in [0.3, 0.4) is 0 Å². The molecule has 1 saturated carbocycles. The van der Waals surface area contributed by atoms with Crippen molar-refractivity contribution < 1.29 is 14.3 Å². The number of alkyl halides is 1. The number of carbonyl (C=O) groups is 1. The van der Waals surface area contributed by atoms with E-state index in [1.54, 1.807) is 4.90 Å². The Labute approximate surface area is 90.9 Å². The molecule has 3 aliphatic rings. The van der Waals surface area contributed by atoms with Crippen molar-refractivity contribution in [3.63, 3.8) is 0 Å². The van der Waals surface area contributed by atoms with Gasteiger partial charge in [0.1, 0.15) is 5.67 Å². The number of aromatic carboxylic acids is 1. The fourth-order valence-corrected chi connectivity index (χ4v) is 2.51. The first-order valence-electron chi connectivity index (χ1n) is 5.09. The van der Waals surface area contributed by atoms with E-state index in [0.29, 0.717) is 12.8 Å². The monoisotopic (exact) mass is 223 g/mol. The number of rotatable bonds is 2. The zero-order valence-corrected chi connectivity index (χ0v) is 8.43. The van der Waals surface area contributed by atoms with E-state index in [1.165, 1.54) is 12.4 Å². The topological polar surface area (TPSA) is 66.3 Å². The third-order valence-electron chi connectivity index (χ3n) is 3.25. The van der Waals surface area contributed by atoms with E-state index in [1.807, 2.05) is 0 Å². The summed E-state index contributed by atoms with van der Waals surface area (Å²) in [6.07, 6.45) is 3.71. The summed E-state index contributed by atoms with van der Waals surface area (Å²) in [5, 5.41) is 8.97. The van der Waals surface area contributed by atoms with E-state index in [2.05, 4.69) is 9.97 Å². The molecule has 84 valence electrons. The van der Waals surface area contributed by atoms with Crippen molar-refractivity contribution in [3.05, 3.63) is 18.1 Å². The summed E-state index contributed by atoms with van der Waals surface area (Å²) in [7, 11) is 0. The lowest BCUT2D eigenvalue weighted by Gasteiger charge is -2.29. The number of fused-ring (bicyclic) bond motifs is 1. The summed E-state index contributed by atoms with van der Waals surface area (Å²) in [6.45, 7) is 0.233. The van der Waals surface area contributed by atoms with E-state index in [0.717, 1.165) is 0 Å². The van der Waals surface area contributed by atoms with Gasteiger partial charge in [0.25, 0.3) is 0 Å². The van der Waals surface area contributed by atoms with Crippen LogP contribution in [-0.2, 0) is 0 Å². The molecule has 0 spiro atoms. The molecule has 1 aromatic rings. The molecule has 2 bridgehead atoms. The molecular weight excluding hydrogens is 213 g/mol. The van der Waals surface area contributed by atoms with Crippen molar-refractivity contribution in [2.75, 3.05) is 11.4 Å². The number of aromatic nitrogens is 2. The maximum Gasteiger partial charge on any atom is 0.358 e. The Hall–Kier alpha value is -1.72. The first-order valence-corrected chi connectivity index (χ1v) is 5.09. The molecule has 4 rings (SSSR count). The second-order valence-corrected chi connectivity index (χ2v) is 4.37. The average molecular weight is 223 g/mol. The maximum absolute atomic E-state index is 13.7. The van der Waals surface area contributed by atoms with Gasteiger partial charge in [-0.1, -0.05) is 0 Å². The number of hydrogen-bond acceptors (Lipinski definition) is 4. The molecule has 5 nitrogen and oxygen atoms in total. The molecule has 0 aromatic carbocycles. The van der Waals surface area contributed by atoms with Crippen LogP contribution < -0.4 is 4.90 Å². The van der Waals surface area contributed by atoms with Crippen molar-refractivity contribution >= 4 is 11.8 Å². The predicted molar refractivity (Wildman–Crippen MR) is 53.2 cm³/mol. The van der Waals surface area contributed by atoms with Crippen LogP contribution >= 0.6 is 0 Å². The molecule has 0 atom stereocenters. The fraction of sp³-hybridized carbons (Fsp3) is 0.500. The highest BCUT2D eigenvalue weighted by Crippen LogP contribution is 2.49. The smallest absolute Gasteiger partial charge is 0.358 e. The van der Waals surface area contributed by atoms with Gasteiger partial charge in [0.05, 0.1) is 6.54 Å². The lowest BCUT2D eigenvalue weighted by atomic mass is 9.83. The molecule has 6 heteroatoms. The lowest BCUT2D eigenvalue weighted by molar-refractivity contribution is 0.0690. The third kappa shape index (κ3) is 1.19. The molecule has 2 aliphatic heterocycles. The van der Waals surface area contributed by atoms with Crippen molar-refractivity contribution in [1.29, 1.82) is 0 Å². The highest BCUT2D eigenvalue weighted by molar-refractivity contribution is 5.91. The summed E-state index contributed by atoms with van der Waals surface area (Å²) in [5.74, 6) is -0.836. The highest BCUT2D eigenvalue weighted by Gasteiger charge is 2.57. The molecule has 16 heavy (non-hydrogen) atoms. The van der Waals surface area contributed by atoms with E-state index >= 15 is 0 Å². The average Bonchev–Trinajstić information content (AvgIpc) is 2.71. The molecular formula is C10H10FN3O2. The Bertz CT molecular complexity index is 459. The Kier molecular flexibility index (Phi) is 1.72. The van der Waals surface area contributed by atoms with Crippen LogP contribution in [0.1, 0.15) is 23.3 Å². The van der Waals surface area contributed by atoms with Gasteiger partial charge in [-0.25, -0.2) is 19.2 Å². The molecule has 0 amide bonds. The standard InChI is InChI=1S/C10H10FN3O2/c11-10-3-6(4-10)14(5-10)8-7(9(15)16)12-1-2-13-8/h1-2,6H,3-5H2,(H,15,16). The summed E-state index contributed by atoms with van der Waals surface area (Å²) < 4.78 is 13.7. The SMILES string of the molecule is O=C(O)c1nccnc1N1CC2(F)CC1C2. The second kappa shape index (κ2) is 2.90. The Morgan fingerprint density at radius 3 is 2.75 bits per heavy atom. The van der Waals surface area contributed by atoms with Gasteiger partial charge in [0.2, 0.25) is 0 Å². The van der Waals surface area contributed by atoms with Crippen molar-refractivity contribution in [3.8, 4) is 0 Å². The van der Waals surface area contributed by atoms with Crippen LogP contribution in [-0.4, -0.2) is 39.3 Å². The van der Waals surface area contributed by atoms with Gasteiger partial charge < -0.3 is 10.0 Å². The largest absolute Gasteiger partial charge is 0.476 e. The normalized spacial score (nSPS) is 31.3. The van der Waals surface area contributed by atoms with Crippen LogP contribution in [0, 0.1) is 0 Å². The molecule has 3 fully saturated rings. The number of hydrogen-bond donors (Lipinski definition) is 1. The first kappa shape index (κ1) is 9.50. The number of nitrogens with zero attached hydrogens (tertiary/aromatic N) is 3.